The molecule has 0 bridgehead atoms. The minimum Gasteiger partial charge on any atom is -0.487 e. The first-order valence-corrected chi connectivity index (χ1v) is 9.62. The van der Waals surface area contributed by atoms with Gasteiger partial charge in [-0.2, -0.15) is 0 Å². The molecule has 1 N–H and O–H groups in total. The van der Waals surface area contributed by atoms with Gasteiger partial charge in [-0.15, -0.1) is 11.3 Å². The molecule has 124 valence electrons. The summed E-state index contributed by atoms with van der Waals surface area (Å²) in [5, 5.41) is 5.81. The first-order chi connectivity index (χ1) is 11.8. The molecule has 2 aromatic heterocycles. The van der Waals surface area contributed by atoms with Gasteiger partial charge in [-0.1, -0.05) is 18.2 Å². The summed E-state index contributed by atoms with van der Waals surface area (Å²) in [6.07, 6.45) is 10.2. The van der Waals surface area contributed by atoms with Crippen molar-refractivity contribution in [2.75, 3.05) is 0 Å². The van der Waals surface area contributed by atoms with Crippen LogP contribution < -0.4 is 10.1 Å². The SMILES string of the molecule is c1ccc2c(c1)OC1(CCCC1)CC2NCc1cn2ccsc2n1. The number of fused-ring (bicyclic) bond motifs is 2. The zero-order valence-corrected chi connectivity index (χ0v) is 14.4. The highest BCUT2D eigenvalue weighted by Crippen LogP contribution is 2.47. The number of benzene rings is 1. The lowest BCUT2D eigenvalue weighted by molar-refractivity contribution is 0.0364. The van der Waals surface area contributed by atoms with Crippen molar-refractivity contribution in [2.45, 2.75) is 50.3 Å². The van der Waals surface area contributed by atoms with Crippen molar-refractivity contribution in [2.24, 2.45) is 0 Å². The largest absolute Gasteiger partial charge is 0.487 e. The van der Waals surface area contributed by atoms with Gasteiger partial charge >= 0.3 is 0 Å². The fourth-order valence-corrected chi connectivity index (χ4v) is 4.93. The molecule has 1 aliphatic carbocycles. The molecule has 0 amide bonds. The van der Waals surface area contributed by atoms with E-state index in [9.17, 15) is 0 Å². The fourth-order valence-electron chi connectivity index (χ4n) is 4.21. The van der Waals surface area contributed by atoms with E-state index in [0.717, 1.165) is 29.4 Å². The van der Waals surface area contributed by atoms with Gasteiger partial charge in [0.15, 0.2) is 4.96 Å². The Labute approximate surface area is 145 Å². The molecule has 3 aromatic rings. The van der Waals surface area contributed by atoms with Crippen molar-refractivity contribution >= 4 is 16.3 Å². The van der Waals surface area contributed by atoms with E-state index < -0.39 is 0 Å². The molecule has 24 heavy (non-hydrogen) atoms. The molecule has 1 aliphatic heterocycles. The molecule has 1 unspecified atom stereocenters. The Hall–Kier alpha value is -1.85. The number of imidazole rings is 1. The van der Waals surface area contributed by atoms with Crippen molar-refractivity contribution in [3.8, 4) is 5.75 Å². The smallest absolute Gasteiger partial charge is 0.193 e. The monoisotopic (exact) mass is 339 g/mol. The Kier molecular flexibility index (Phi) is 3.38. The van der Waals surface area contributed by atoms with Crippen LogP contribution in [0.25, 0.3) is 4.96 Å². The highest BCUT2D eigenvalue weighted by Gasteiger charge is 2.42. The third-order valence-electron chi connectivity index (χ3n) is 5.38. The van der Waals surface area contributed by atoms with Crippen molar-refractivity contribution in [3.05, 3.63) is 53.3 Å². The number of para-hydroxylation sites is 1. The van der Waals surface area contributed by atoms with Crippen LogP contribution in [0.15, 0.2) is 42.0 Å². The van der Waals surface area contributed by atoms with Crippen LogP contribution in [-0.2, 0) is 6.54 Å². The molecule has 1 aromatic carbocycles. The third-order valence-corrected chi connectivity index (χ3v) is 6.16. The standard InChI is InChI=1S/C19H21N3OS/c1-2-6-17-15(5-1)16(11-19(23-17)7-3-4-8-19)20-12-14-13-22-9-10-24-18(22)21-14/h1-2,5-6,9-10,13,16,20H,3-4,7-8,11-12H2. The van der Waals surface area contributed by atoms with E-state index in [-0.39, 0.29) is 5.60 Å². The number of nitrogens with zero attached hydrogens (tertiary/aromatic N) is 2. The fraction of sp³-hybridized carbons (Fsp3) is 0.421. The van der Waals surface area contributed by atoms with Gasteiger partial charge in [-0.25, -0.2) is 4.98 Å². The number of rotatable bonds is 3. The van der Waals surface area contributed by atoms with Gasteiger partial charge in [0.05, 0.1) is 5.69 Å². The first-order valence-electron chi connectivity index (χ1n) is 8.74. The quantitative estimate of drug-likeness (QED) is 0.772. The molecule has 3 heterocycles. The van der Waals surface area contributed by atoms with Crippen LogP contribution in [-0.4, -0.2) is 15.0 Å². The second-order valence-electron chi connectivity index (χ2n) is 6.99. The van der Waals surface area contributed by atoms with E-state index in [1.54, 1.807) is 11.3 Å². The predicted octanol–water partition coefficient (Wildman–Crippen LogP) is 4.32. The van der Waals surface area contributed by atoms with Gasteiger partial charge in [-0.3, -0.25) is 4.40 Å². The lowest BCUT2D eigenvalue weighted by Gasteiger charge is -2.40. The summed E-state index contributed by atoms with van der Waals surface area (Å²) in [4.78, 5) is 5.75. The second-order valence-corrected chi connectivity index (χ2v) is 7.87. The first kappa shape index (κ1) is 14.5. The molecule has 4 nitrogen and oxygen atoms in total. The van der Waals surface area contributed by atoms with Crippen LogP contribution in [0.1, 0.15) is 49.4 Å². The molecule has 1 saturated carbocycles. The number of thiazole rings is 1. The predicted molar refractivity (Wildman–Crippen MR) is 95.5 cm³/mol. The molecule has 0 saturated heterocycles. The zero-order chi connectivity index (χ0) is 16.0. The van der Waals surface area contributed by atoms with Gasteiger partial charge in [0.1, 0.15) is 11.4 Å². The second kappa shape index (κ2) is 5.60. The molecule has 1 spiro atoms. The molecule has 5 rings (SSSR count). The summed E-state index contributed by atoms with van der Waals surface area (Å²) < 4.78 is 8.54. The van der Waals surface area contributed by atoms with Gasteiger partial charge < -0.3 is 10.1 Å². The highest BCUT2D eigenvalue weighted by molar-refractivity contribution is 7.15. The summed E-state index contributed by atoms with van der Waals surface area (Å²) in [6, 6.07) is 8.84. The number of aromatic nitrogens is 2. The maximum Gasteiger partial charge on any atom is 0.193 e. The average Bonchev–Trinajstić information content (AvgIpc) is 3.29. The van der Waals surface area contributed by atoms with Gasteiger partial charge in [0.25, 0.3) is 0 Å². The Morgan fingerprint density at radius 3 is 3.04 bits per heavy atom. The number of nitrogens with one attached hydrogen (secondary N) is 1. The maximum atomic E-state index is 6.44. The lowest BCUT2D eigenvalue weighted by Crippen LogP contribution is -2.42. The van der Waals surface area contributed by atoms with Crippen LogP contribution in [0.4, 0.5) is 0 Å². The van der Waals surface area contributed by atoms with Crippen LogP contribution in [0.3, 0.4) is 0 Å². The van der Waals surface area contributed by atoms with E-state index >= 15 is 0 Å². The molecular formula is C19H21N3OS. The van der Waals surface area contributed by atoms with Crippen molar-refractivity contribution in [1.82, 2.24) is 14.7 Å². The van der Waals surface area contributed by atoms with Gasteiger partial charge in [-0.05, 0) is 31.7 Å². The Balaban J connectivity index is 1.40. The number of hydrogen-bond donors (Lipinski definition) is 1. The van der Waals surface area contributed by atoms with E-state index in [1.807, 2.05) is 0 Å². The molecular weight excluding hydrogens is 318 g/mol. The Morgan fingerprint density at radius 2 is 2.17 bits per heavy atom. The summed E-state index contributed by atoms with van der Waals surface area (Å²) in [6.45, 7) is 0.795. The molecule has 1 atom stereocenters. The lowest BCUT2D eigenvalue weighted by atomic mass is 9.86. The van der Waals surface area contributed by atoms with E-state index in [4.69, 9.17) is 4.74 Å². The number of hydrogen-bond acceptors (Lipinski definition) is 4. The third kappa shape index (κ3) is 2.43. The molecule has 0 radical (unpaired) electrons. The molecule has 1 fully saturated rings. The Bertz CT molecular complexity index is 834. The van der Waals surface area contributed by atoms with Crippen LogP contribution in [0.2, 0.25) is 0 Å². The van der Waals surface area contributed by atoms with Crippen LogP contribution in [0.5, 0.6) is 5.75 Å². The summed E-state index contributed by atoms with van der Waals surface area (Å²) in [5.74, 6) is 1.06. The molecule has 5 heteroatoms. The Morgan fingerprint density at radius 1 is 1.29 bits per heavy atom. The highest BCUT2D eigenvalue weighted by atomic mass is 32.1. The van der Waals surface area contributed by atoms with Crippen LogP contribution in [0, 0.1) is 0 Å². The number of ether oxygens (including phenoxy) is 1. The van der Waals surface area contributed by atoms with Crippen molar-refractivity contribution in [1.29, 1.82) is 0 Å². The van der Waals surface area contributed by atoms with Gasteiger partial charge in [0.2, 0.25) is 0 Å². The average molecular weight is 339 g/mol. The summed E-state index contributed by atoms with van der Waals surface area (Å²) in [5.41, 5.74) is 2.43. The summed E-state index contributed by atoms with van der Waals surface area (Å²) in [7, 11) is 0. The maximum absolute atomic E-state index is 6.44. The zero-order valence-electron chi connectivity index (χ0n) is 13.6. The van der Waals surface area contributed by atoms with Crippen molar-refractivity contribution < 1.29 is 4.74 Å². The van der Waals surface area contributed by atoms with E-state index in [1.165, 1.54) is 31.2 Å². The van der Waals surface area contributed by atoms with E-state index in [0.29, 0.717) is 6.04 Å². The normalized spacial score (nSPS) is 21.9. The van der Waals surface area contributed by atoms with Gasteiger partial charge in [0, 0.05) is 42.3 Å². The van der Waals surface area contributed by atoms with Crippen LogP contribution >= 0.6 is 11.3 Å². The minimum absolute atomic E-state index is 0.0422. The molecule has 2 aliphatic rings. The summed E-state index contributed by atoms with van der Waals surface area (Å²) >= 11 is 1.68. The van der Waals surface area contributed by atoms with E-state index in [2.05, 4.69) is 56.7 Å². The van der Waals surface area contributed by atoms with Crippen molar-refractivity contribution in [3.63, 3.8) is 0 Å². The topological polar surface area (TPSA) is 38.6 Å². The minimum atomic E-state index is 0.0422.